The monoisotopic (exact) mass is 381 g/mol. The normalized spacial score (nSPS) is 10.3. The SMILES string of the molecule is COc1ccc(CNC(=O)c2cncc(NCc3ccccc3Cl)c2)cc1. The van der Waals surface area contributed by atoms with Crippen LogP contribution in [0.1, 0.15) is 21.5 Å². The molecule has 0 saturated carbocycles. The van der Waals surface area contributed by atoms with Crippen LogP contribution in [0.4, 0.5) is 5.69 Å². The number of aromatic nitrogens is 1. The van der Waals surface area contributed by atoms with Crippen molar-refractivity contribution >= 4 is 23.2 Å². The van der Waals surface area contributed by atoms with E-state index in [2.05, 4.69) is 15.6 Å². The first kappa shape index (κ1) is 18.7. The number of halogens is 1. The molecule has 3 aromatic rings. The second-order valence-electron chi connectivity index (χ2n) is 5.94. The smallest absolute Gasteiger partial charge is 0.253 e. The molecule has 3 rings (SSSR count). The van der Waals surface area contributed by atoms with E-state index in [0.717, 1.165) is 22.6 Å². The summed E-state index contributed by atoms with van der Waals surface area (Å²) in [7, 11) is 1.62. The predicted molar refractivity (Wildman–Crippen MR) is 107 cm³/mol. The molecule has 1 aromatic heterocycles. The van der Waals surface area contributed by atoms with Crippen molar-refractivity contribution < 1.29 is 9.53 Å². The molecule has 1 heterocycles. The highest BCUT2D eigenvalue weighted by Gasteiger charge is 2.07. The zero-order valence-corrected chi connectivity index (χ0v) is 15.7. The maximum absolute atomic E-state index is 12.4. The van der Waals surface area contributed by atoms with Crippen molar-refractivity contribution in [1.29, 1.82) is 0 Å². The van der Waals surface area contributed by atoms with Crippen molar-refractivity contribution in [2.75, 3.05) is 12.4 Å². The molecule has 2 N–H and O–H groups in total. The molecular formula is C21H20ClN3O2. The lowest BCUT2D eigenvalue weighted by atomic mass is 10.2. The molecule has 138 valence electrons. The Bertz CT molecular complexity index is 913. The molecule has 5 nitrogen and oxygen atoms in total. The van der Waals surface area contributed by atoms with Crippen LogP contribution in [0.3, 0.4) is 0 Å². The molecule has 0 fully saturated rings. The Labute approximate surface area is 163 Å². The van der Waals surface area contributed by atoms with Crippen LogP contribution in [0, 0.1) is 0 Å². The summed E-state index contributed by atoms with van der Waals surface area (Å²) in [6.07, 6.45) is 3.22. The molecule has 0 unspecified atom stereocenters. The molecule has 0 saturated heterocycles. The van der Waals surface area contributed by atoms with Crippen molar-refractivity contribution in [2.45, 2.75) is 13.1 Å². The van der Waals surface area contributed by atoms with Crippen LogP contribution in [0.2, 0.25) is 5.02 Å². The fourth-order valence-corrected chi connectivity index (χ4v) is 2.73. The summed E-state index contributed by atoms with van der Waals surface area (Å²) in [5.74, 6) is 0.603. The third-order valence-electron chi connectivity index (χ3n) is 4.05. The molecule has 0 spiro atoms. The van der Waals surface area contributed by atoms with Crippen molar-refractivity contribution in [2.24, 2.45) is 0 Å². The molecule has 27 heavy (non-hydrogen) atoms. The van der Waals surface area contributed by atoms with E-state index in [1.54, 1.807) is 25.6 Å². The fourth-order valence-electron chi connectivity index (χ4n) is 2.53. The second-order valence-corrected chi connectivity index (χ2v) is 6.35. The van der Waals surface area contributed by atoms with E-state index in [4.69, 9.17) is 16.3 Å². The van der Waals surface area contributed by atoms with Gasteiger partial charge in [-0.15, -0.1) is 0 Å². The second kappa shape index (κ2) is 9.05. The van der Waals surface area contributed by atoms with Crippen molar-refractivity contribution in [3.63, 3.8) is 0 Å². The topological polar surface area (TPSA) is 63.2 Å². The minimum atomic E-state index is -0.181. The van der Waals surface area contributed by atoms with Crippen LogP contribution >= 0.6 is 11.6 Å². The quantitative estimate of drug-likeness (QED) is 0.641. The Morgan fingerprint density at radius 1 is 1.07 bits per heavy atom. The molecule has 0 radical (unpaired) electrons. The summed E-state index contributed by atoms with van der Waals surface area (Å²) in [5.41, 5.74) is 3.22. The van der Waals surface area contributed by atoms with E-state index in [0.29, 0.717) is 23.7 Å². The number of nitrogens with one attached hydrogen (secondary N) is 2. The minimum absolute atomic E-state index is 0.181. The van der Waals surface area contributed by atoms with Gasteiger partial charge < -0.3 is 15.4 Å². The number of methoxy groups -OCH3 is 1. The maximum Gasteiger partial charge on any atom is 0.253 e. The van der Waals surface area contributed by atoms with Crippen LogP contribution < -0.4 is 15.4 Å². The van der Waals surface area contributed by atoms with Gasteiger partial charge in [-0.3, -0.25) is 9.78 Å². The Morgan fingerprint density at radius 3 is 2.59 bits per heavy atom. The first-order valence-electron chi connectivity index (χ1n) is 8.49. The predicted octanol–water partition coefficient (Wildman–Crippen LogP) is 4.29. The van der Waals surface area contributed by atoms with Crippen LogP contribution in [0.15, 0.2) is 67.0 Å². The number of hydrogen-bond donors (Lipinski definition) is 2. The lowest BCUT2D eigenvalue weighted by molar-refractivity contribution is 0.0950. The Kier molecular flexibility index (Phi) is 6.28. The van der Waals surface area contributed by atoms with E-state index in [1.807, 2.05) is 48.5 Å². The molecule has 0 aliphatic rings. The van der Waals surface area contributed by atoms with Gasteiger partial charge in [0.1, 0.15) is 5.75 Å². The molecule has 0 atom stereocenters. The van der Waals surface area contributed by atoms with Gasteiger partial charge >= 0.3 is 0 Å². The highest BCUT2D eigenvalue weighted by molar-refractivity contribution is 6.31. The van der Waals surface area contributed by atoms with Gasteiger partial charge in [0.15, 0.2) is 0 Å². The Hall–Kier alpha value is -3.05. The number of carbonyl (C=O) groups is 1. The maximum atomic E-state index is 12.4. The number of pyridine rings is 1. The lowest BCUT2D eigenvalue weighted by Crippen LogP contribution is -2.23. The van der Waals surface area contributed by atoms with E-state index >= 15 is 0 Å². The van der Waals surface area contributed by atoms with Crippen LogP contribution in [0.25, 0.3) is 0 Å². The first-order valence-corrected chi connectivity index (χ1v) is 8.87. The molecule has 6 heteroatoms. The average molecular weight is 382 g/mol. The number of carbonyl (C=O) groups excluding carboxylic acids is 1. The standard InChI is InChI=1S/C21H20ClN3O2/c1-27-19-8-6-15(7-9-19)11-25-21(26)17-10-18(14-23-12-17)24-13-16-4-2-3-5-20(16)22/h2-10,12,14,24H,11,13H2,1H3,(H,25,26). The van der Waals surface area contributed by atoms with Gasteiger partial charge in [0.25, 0.3) is 5.91 Å². The van der Waals surface area contributed by atoms with E-state index < -0.39 is 0 Å². The summed E-state index contributed by atoms with van der Waals surface area (Å²) in [4.78, 5) is 16.5. The molecular weight excluding hydrogens is 362 g/mol. The van der Waals surface area contributed by atoms with Gasteiger partial charge in [-0.2, -0.15) is 0 Å². The number of hydrogen-bond acceptors (Lipinski definition) is 4. The van der Waals surface area contributed by atoms with E-state index in [1.165, 1.54) is 0 Å². The number of benzene rings is 2. The third kappa shape index (κ3) is 5.21. The third-order valence-corrected chi connectivity index (χ3v) is 4.42. The highest BCUT2D eigenvalue weighted by atomic mass is 35.5. The number of ether oxygens (including phenoxy) is 1. The Balaban J connectivity index is 1.58. The number of nitrogens with zero attached hydrogens (tertiary/aromatic N) is 1. The number of amides is 1. The van der Waals surface area contributed by atoms with Gasteiger partial charge in [0.05, 0.1) is 18.4 Å². The van der Waals surface area contributed by atoms with E-state index in [-0.39, 0.29) is 5.91 Å². The summed E-state index contributed by atoms with van der Waals surface area (Å²) in [6, 6.07) is 17.0. The number of anilines is 1. The minimum Gasteiger partial charge on any atom is -0.497 e. The van der Waals surface area contributed by atoms with Gasteiger partial charge in [-0.1, -0.05) is 41.9 Å². The van der Waals surface area contributed by atoms with Gasteiger partial charge in [-0.25, -0.2) is 0 Å². The van der Waals surface area contributed by atoms with Crippen molar-refractivity contribution in [3.8, 4) is 5.75 Å². The molecule has 0 aliphatic heterocycles. The van der Waals surface area contributed by atoms with Crippen molar-refractivity contribution in [3.05, 3.63) is 88.7 Å². The summed E-state index contributed by atoms with van der Waals surface area (Å²) < 4.78 is 5.13. The molecule has 2 aromatic carbocycles. The molecule has 0 bridgehead atoms. The molecule has 1 amide bonds. The summed E-state index contributed by atoms with van der Waals surface area (Å²) >= 11 is 6.16. The lowest BCUT2D eigenvalue weighted by Gasteiger charge is -2.10. The zero-order valence-electron chi connectivity index (χ0n) is 14.9. The first-order chi connectivity index (χ1) is 13.2. The van der Waals surface area contributed by atoms with Gasteiger partial charge in [0, 0.05) is 30.5 Å². The van der Waals surface area contributed by atoms with Crippen LogP contribution in [-0.2, 0) is 13.1 Å². The fraction of sp³-hybridized carbons (Fsp3) is 0.143. The van der Waals surface area contributed by atoms with Gasteiger partial charge in [-0.05, 0) is 35.4 Å². The summed E-state index contributed by atoms with van der Waals surface area (Å²) in [5, 5.41) is 6.84. The molecule has 0 aliphatic carbocycles. The van der Waals surface area contributed by atoms with E-state index in [9.17, 15) is 4.79 Å². The highest BCUT2D eigenvalue weighted by Crippen LogP contribution is 2.17. The van der Waals surface area contributed by atoms with Crippen molar-refractivity contribution in [1.82, 2.24) is 10.3 Å². The van der Waals surface area contributed by atoms with Gasteiger partial charge in [0.2, 0.25) is 0 Å². The zero-order chi connectivity index (χ0) is 19.1. The van der Waals surface area contributed by atoms with Crippen LogP contribution in [-0.4, -0.2) is 18.0 Å². The average Bonchev–Trinajstić information content (AvgIpc) is 2.72. The van der Waals surface area contributed by atoms with Crippen LogP contribution in [0.5, 0.6) is 5.75 Å². The number of rotatable bonds is 7. The Morgan fingerprint density at radius 2 is 1.85 bits per heavy atom. The largest absolute Gasteiger partial charge is 0.497 e. The summed E-state index contributed by atoms with van der Waals surface area (Å²) in [6.45, 7) is 0.985.